The number of thioether (sulfide) groups is 1. The maximum absolute atomic E-state index is 12.0. The van der Waals surface area contributed by atoms with Crippen molar-refractivity contribution in [2.75, 3.05) is 25.7 Å². The molecule has 1 rings (SSSR count). The molecule has 7 heteroatoms. The average molecular weight is 375 g/mol. The Labute approximate surface area is 137 Å². The number of carbonyl (C=O) groups is 2. The van der Waals surface area contributed by atoms with E-state index in [4.69, 9.17) is 10.5 Å². The first-order chi connectivity index (χ1) is 9.93. The van der Waals surface area contributed by atoms with E-state index in [1.165, 1.54) is 11.8 Å². The van der Waals surface area contributed by atoms with Crippen molar-refractivity contribution in [1.29, 1.82) is 0 Å². The molecule has 0 heterocycles. The van der Waals surface area contributed by atoms with Gasteiger partial charge in [-0.3, -0.25) is 9.59 Å². The third-order valence-corrected chi connectivity index (χ3v) is 4.25. The van der Waals surface area contributed by atoms with E-state index in [1.54, 1.807) is 19.1 Å². The Morgan fingerprint density at radius 3 is 2.76 bits per heavy atom. The molecule has 0 atom stereocenters. The van der Waals surface area contributed by atoms with Gasteiger partial charge in [-0.2, -0.15) is 11.8 Å². The van der Waals surface area contributed by atoms with Gasteiger partial charge in [0.15, 0.2) is 0 Å². The molecule has 0 aliphatic heterocycles. The maximum Gasteiger partial charge on any atom is 0.227 e. The number of hydrogen-bond donors (Lipinski definition) is 1. The molecule has 0 saturated carbocycles. The van der Waals surface area contributed by atoms with Gasteiger partial charge in [0.2, 0.25) is 11.8 Å². The van der Waals surface area contributed by atoms with Gasteiger partial charge in [0.25, 0.3) is 0 Å². The van der Waals surface area contributed by atoms with Gasteiger partial charge in [-0.05, 0) is 18.2 Å². The molecule has 1 aromatic rings. The number of methoxy groups -OCH3 is 1. The third kappa shape index (κ3) is 6.39. The zero-order valence-electron chi connectivity index (χ0n) is 12.1. The standard InChI is InChI=1S/C14H19BrN2O3S/c1-17(14(19)5-6-21-9-13(16)18)8-10-7-11(15)3-4-12(10)20-2/h3-4,7H,5-6,8-9H2,1-2H3,(H2,16,18). The quantitative estimate of drug-likeness (QED) is 0.706. The zero-order chi connectivity index (χ0) is 15.8. The summed E-state index contributed by atoms with van der Waals surface area (Å²) >= 11 is 4.78. The second-order valence-electron chi connectivity index (χ2n) is 4.47. The predicted octanol–water partition coefficient (Wildman–Crippen LogP) is 2.02. The highest BCUT2D eigenvalue weighted by molar-refractivity contribution is 9.10. The van der Waals surface area contributed by atoms with Crippen LogP contribution in [0.5, 0.6) is 5.75 Å². The van der Waals surface area contributed by atoms with E-state index in [1.807, 2.05) is 18.2 Å². The maximum atomic E-state index is 12.0. The van der Waals surface area contributed by atoms with Gasteiger partial charge in [0.1, 0.15) is 5.75 Å². The number of nitrogens with two attached hydrogens (primary N) is 1. The van der Waals surface area contributed by atoms with Crippen LogP contribution in [-0.2, 0) is 16.1 Å². The van der Waals surface area contributed by atoms with E-state index in [2.05, 4.69) is 15.9 Å². The molecule has 1 aromatic carbocycles. The van der Waals surface area contributed by atoms with E-state index in [0.29, 0.717) is 18.7 Å². The lowest BCUT2D eigenvalue weighted by molar-refractivity contribution is -0.130. The molecule has 2 N–H and O–H groups in total. The molecule has 0 aromatic heterocycles. The lowest BCUT2D eigenvalue weighted by atomic mass is 10.2. The van der Waals surface area contributed by atoms with Gasteiger partial charge in [-0.15, -0.1) is 0 Å². The number of rotatable bonds is 8. The van der Waals surface area contributed by atoms with Crippen molar-refractivity contribution in [3.8, 4) is 5.75 Å². The smallest absolute Gasteiger partial charge is 0.227 e. The molecule has 0 unspecified atom stereocenters. The first-order valence-electron chi connectivity index (χ1n) is 6.36. The minimum Gasteiger partial charge on any atom is -0.496 e. The van der Waals surface area contributed by atoms with E-state index in [-0.39, 0.29) is 17.6 Å². The number of amides is 2. The van der Waals surface area contributed by atoms with Crippen molar-refractivity contribution < 1.29 is 14.3 Å². The van der Waals surface area contributed by atoms with Crippen LogP contribution in [0, 0.1) is 0 Å². The van der Waals surface area contributed by atoms with E-state index >= 15 is 0 Å². The highest BCUT2D eigenvalue weighted by Crippen LogP contribution is 2.24. The summed E-state index contributed by atoms with van der Waals surface area (Å²) in [5.74, 6) is 1.24. The number of halogens is 1. The van der Waals surface area contributed by atoms with Crippen molar-refractivity contribution in [3.05, 3.63) is 28.2 Å². The fraction of sp³-hybridized carbons (Fsp3) is 0.429. The Morgan fingerprint density at radius 2 is 2.14 bits per heavy atom. The number of ether oxygens (including phenoxy) is 1. The van der Waals surface area contributed by atoms with Crippen molar-refractivity contribution >= 4 is 39.5 Å². The molecule has 0 fully saturated rings. The number of primary amides is 1. The Morgan fingerprint density at radius 1 is 1.43 bits per heavy atom. The lowest BCUT2D eigenvalue weighted by Crippen LogP contribution is -2.26. The normalized spacial score (nSPS) is 10.2. The Bertz CT molecular complexity index is 511. The molecule has 0 radical (unpaired) electrons. The van der Waals surface area contributed by atoms with E-state index < -0.39 is 0 Å². The van der Waals surface area contributed by atoms with E-state index in [9.17, 15) is 9.59 Å². The fourth-order valence-corrected chi connectivity index (χ4v) is 2.81. The summed E-state index contributed by atoms with van der Waals surface area (Å²) in [6.45, 7) is 0.474. The zero-order valence-corrected chi connectivity index (χ0v) is 14.5. The highest BCUT2D eigenvalue weighted by atomic mass is 79.9. The summed E-state index contributed by atoms with van der Waals surface area (Å²) < 4.78 is 6.23. The molecule has 0 spiro atoms. The first-order valence-corrected chi connectivity index (χ1v) is 8.31. The fourth-order valence-electron chi connectivity index (χ4n) is 1.74. The SMILES string of the molecule is COc1ccc(Br)cc1CN(C)C(=O)CCSCC(N)=O. The molecule has 5 nitrogen and oxygen atoms in total. The average Bonchev–Trinajstić information content (AvgIpc) is 2.43. The van der Waals surface area contributed by atoms with E-state index in [0.717, 1.165) is 15.8 Å². The Balaban J connectivity index is 2.52. The van der Waals surface area contributed by atoms with Gasteiger partial charge < -0.3 is 15.4 Å². The van der Waals surface area contributed by atoms with Crippen molar-refractivity contribution in [3.63, 3.8) is 0 Å². The number of hydrogen-bond acceptors (Lipinski definition) is 4. The molecule has 2 amide bonds. The molecule has 0 saturated heterocycles. The summed E-state index contributed by atoms with van der Waals surface area (Å²) in [5, 5.41) is 0. The van der Waals surface area contributed by atoms with Gasteiger partial charge in [-0.25, -0.2) is 0 Å². The number of nitrogens with zero attached hydrogens (tertiary/aromatic N) is 1. The molecule has 0 aliphatic rings. The second kappa shape index (κ2) is 8.94. The van der Waals surface area contributed by atoms with Gasteiger partial charge in [-0.1, -0.05) is 15.9 Å². The van der Waals surface area contributed by atoms with Crippen LogP contribution in [0.2, 0.25) is 0 Å². The first kappa shape index (κ1) is 17.8. The second-order valence-corrected chi connectivity index (χ2v) is 6.50. The predicted molar refractivity (Wildman–Crippen MR) is 88.3 cm³/mol. The molecule has 0 bridgehead atoms. The molecular weight excluding hydrogens is 356 g/mol. The molecule has 0 aliphatic carbocycles. The lowest BCUT2D eigenvalue weighted by Gasteiger charge is -2.19. The number of benzene rings is 1. The van der Waals surface area contributed by atoms with Crippen molar-refractivity contribution in [1.82, 2.24) is 4.90 Å². The van der Waals surface area contributed by atoms with Crippen molar-refractivity contribution in [2.24, 2.45) is 5.73 Å². The minimum absolute atomic E-state index is 0.0222. The van der Waals surface area contributed by atoms with Crippen LogP contribution in [0.25, 0.3) is 0 Å². The Kier molecular flexibility index (Phi) is 7.60. The van der Waals surface area contributed by atoms with Crippen LogP contribution in [0.1, 0.15) is 12.0 Å². The van der Waals surface area contributed by atoms with Gasteiger partial charge >= 0.3 is 0 Å². The summed E-state index contributed by atoms with van der Waals surface area (Å²) in [4.78, 5) is 24.3. The van der Waals surface area contributed by atoms with Crippen molar-refractivity contribution in [2.45, 2.75) is 13.0 Å². The largest absolute Gasteiger partial charge is 0.496 e. The third-order valence-electron chi connectivity index (χ3n) is 2.78. The minimum atomic E-state index is -0.361. The molecule has 21 heavy (non-hydrogen) atoms. The topological polar surface area (TPSA) is 72.6 Å². The summed E-state index contributed by atoms with van der Waals surface area (Å²) in [6, 6.07) is 5.69. The van der Waals surface area contributed by atoms with Gasteiger partial charge in [0.05, 0.1) is 12.9 Å². The van der Waals surface area contributed by atoms with Crippen LogP contribution in [0.15, 0.2) is 22.7 Å². The summed E-state index contributed by atoms with van der Waals surface area (Å²) in [6.07, 6.45) is 0.380. The molecule has 116 valence electrons. The van der Waals surface area contributed by atoms with Crippen LogP contribution in [0.4, 0.5) is 0 Å². The van der Waals surface area contributed by atoms with Gasteiger partial charge in [0, 0.05) is 35.8 Å². The monoisotopic (exact) mass is 374 g/mol. The summed E-state index contributed by atoms with van der Waals surface area (Å²) in [7, 11) is 3.36. The Hall–Kier alpha value is -1.21. The number of carbonyl (C=O) groups excluding carboxylic acids is 2. The van der Waals surface area contributed by atoms with Crippen LogP contribution >= 0.6 is 27.7 Å². The van der Waals surface area contributed by atoms with Crippen LogP contribution in [-0.4, -0.2) is 42.4 Å². The highest BCUT2D eigenvalue weighted by Gasteiger charge is 2.12. The van der Waals surface area contributed by atoms with Crippen LogP contribution < -0.4 is 10.5 Å². The summed E-state index contributed by atoms with van der Waals surface area (Å²) in [5.41, 5.74) is 5.98. The molecular formula is C14H19BrN2O3S. The van der Waals surface area contributed by atoms with Crippen LogP contribution in [0.3, 0.4) is 0 Å².